The number of amides is 3. The van der Waals surface area contributed by atoms with Gasteiger partial charge in [0.15, 0.2) is 0 Å². The van der Waals surface area contributed by atoms with Crippen molar-refractivity contribution < 1.29 is 23.9 Å². The number of methoxy groups -OCH3 is 1. The fourth-order valence-corrected chi connectivity index (χ4v) is 3.65. The molecule has 172 valence electrons. The van der Waals surface area contributed by atoms with Crippen LogP contribution in [0, 0.1) is 5.92 Å². The molecule has 2 rings (SSSR count). The summed E-state index contributed by atoms with van der Waals surface area (Å²) in [5.74, 6) is 0.144. The first-order valence-corrected chi connectivity index (χ1v) is 10.9. The predicted molar refractivity (Wildman–Crippen MR) is 119 cm³/mol. The van der Waals surface area contributed by atoms with Crippen molar-refractivity contribution in [3.8, 4) is 5.75 Å². The summed E-state index contributed by atoms with van der Waals surface area (Å²) >= 11 is 0. The van der Waals surface area contributed by atoms with Crippen LogP contribution in [-0.4, -0.2) is 73.5 Å². The minimum Gasteiger partial charge on any atom is -0.491 e. The first kappa shape index (κ1) is 24.7. The molecule has 0 aromatic heterocycles. The lowest BCUT2D eigenvalue weighted by molar-refractivity contribution is -0.135. The second-order valence-electron chi connectivity index (χ2n) is 8.11. The Morgan fingerprint density at radius 3 is 2.52 bits per heavy atom. The van der Waals surface area contributed by atoms with Crippen molar-refractivity contribution in [1.29, 1.82) is 0 Å². The van der Waals surface area contributed by atoms with Crippen LogP contribution in [0.2, 0.25) is 0 Å². The van der Waals surface area contributed by atoms with Gasteiger partial charge in [-0.2, -0.15) is 0 Å². The van der Waals surface area contributed by atoms with E-state index in [2.05, 4.69) is 5.32 Å². The summed E-state index contributed by atoms with van der Waals surface area (Å²) in [6, 6.07) is 4.83. The van der Waals surface area contributed by atoms with E-state index in [1.54, 1.807) is 44.2 Å². The second-order valence-corrected chi connectivity index (χ2v) is 8.11. The van der Waals surface area contributed by atoms with E-state index in [-0.39, 0.29) is 42.4 Å². The summed E-state index contributed by atoms with van der Waals surface area (Å²) in [7, 11) is 3.35. The number of anilines is 1. The Morgan fingerprint density at radius 1 is 1.19 bits per heavy atom. The molecule has 3 amide bonds. The SMILES string of the molecule is CCC(=O)Nc1ccc2c(c1)OC[C@@H](C)N(C(=O)CC)C[C@H](C)[C@H](OC)CN(C)C2=O. The Labute approximate surface area is 184 Å². The zero-order valence-corrected chi connectivity index (χ0v) is 19.4. The van der Waals surface area contributed by atoms with Crippen molar-refractivity contribution in [2.24, 2.45) is 5.92 Å². The topological polar surface area (TPSA) is 88.2 Å². The number of nitrogens with zero attached hydrogens (tertiary/aromatic N) is 2. The quantitative estimate of drug-likeness (QED) is 0.789. The molecule has 1 aromatic rings. The molecule has 0 saturated heterocycles. The van der Waals surface area contributed by atoms with Gasteiger partial charge in [-0.1, -0.05) is 20.8 Å². The predicted octanol–water partition coefficient (Wildman–Crippen LogP) is 2.78. The van der Waals surface area contributed by atoms with E-state index in [0.717, 1.165) is 0 Å². The molecule has 1 aliphatic heterocycles. The molecule has 0 spiro atoms. The molecule has 1 N–H and O–H groups in total. The summed E-state index contributed by atoms with van der Waals surface area (Å²) in [5.41, 5.74) is 0.964. The van der Waals surface area contributed by atoms with Crippen LogP contribution in [0.4, 0.5) is 5.69 Å². The van der Waals surface area contributed by atoms with Crippen LogP contribution in [0.15, 0.2) is 18.2 Å². The van der Waals surface area contributed by atoms with Crippen LogP contribution in [0.25, 0.3) is 0 Å². The van der Waals surface area contributed by atoms with E-state index in [1.807, 2.05) is 25.7 Å². The van der Waals surface area contributed by atoms with Crippen molar-refractivity contribution in [2.45, 2.75) is 52.7 Å². The van der Waals surface area contributed by atoms with Gasteiger partial charge in [0.2, 0.25) is 11.8 Å². The average Bonchev–Trinajstić information content (AvgIpc) is 2.77. The van der Waals surface area contributed by atoms with Crippen molar-refractivity contribution in [3.63, 3.8) is 0 Å². The maximum absolute atomic E-state index is 13.1. The van der Waals surface area contributed by atoms with E-state index >= 15 is 0 Å². The molecule has 8 nitrogen and oxygen atoms in total. The number of hydrogen-bond acceptors (Lipinski definition) is 5. The van der Waals surface area contributed by atoms with E-state index in [0.29, 0.717) is 42.9 Å². The van der Waals surface area contributed by atoms with Gasteiger partial charge in [-0.05, 0) is 19.1 Å². The summed E-state index contributed by atoms with van der Waals surface area (Å²) in [4.78, 5) is 41.0. The molecule has 3 atom stereocenters. The number of likely N-dealkylation sites (N-methyl/N-ethyl adjacent to an activating group) is 1. The number of hydrogen-bond donors (Lipinski definition) is 1. The maximum atomic E-state index is 13.1. The van der Waals surface area contributed by atoms with Gasteiger partial charge in [-0.15, -0.1) is 0 Å². The Balaban J connectivity index is 2.45. The highest BCUT2D eigenvalue weighted by Gasteiger charge is 2.29. The highest BCUT2D eigenvalue weighted by molar-refractivity contribution is 5.98. The third kappa shape index (κ3) is 6.19. The Hall–Kier alpha value is -2.61. The van der Waals surface area contributed by atoms with Crippen LogP contribution in [-0.2, 0) is 14.3 Å². The van der Waals surface area contributed by atoms with Crippen molar-refractivity contribution in [3.05, 3.63) is 23.8 Å². The number of carbonyl (C=O) groups excluding carboxylic acids is 3. The highest BCUT2D eigenvalue weighted by Crippen LogP contribution is 2.27. The number of rotatable bonds is 4. The largest absolute Gasteiger partial charge is 0.491 e. The van der Waals surface area contributed by atoms with Crippen LogP contribution in [0.3, 0.4) is 0 Å². The molecule has 1 aromatic carbocycles. The number of benzene rings is 1. The fraction of sp³-hybridized carbons (Fsp3) is 0.609. The molecule has 0 aliphatic carbocycles. The lowest BCUT2D eigenvalue weighted by Crippen LogP contribution is -2.48. The Bertz CT molecular complexity index is 797. The normalized spacial score (nSPS) is 22.6. The molecule has 1 aliphatic rings. The van der Waals surface area contributed by atoms with E-state index in [9.17, 15) is 14.4 Å². The van der Waals surface area contributed by atoms with E-state index in [1.165, 1.54) is 0 Å². The standard InChI is InChI=1S/C23H35N3O5/c1-7-21(27)24-17-9-10-18-19(11-17)31-14-16(4)26(22(28)8-2)12-15(3)20(30-6)13-25(5)23(18)29/h9-11,15-16,20H,7-8,12-14H2,1-6H3,(H,24,27)/t15-,16+,20+/m0/s1. The summed E-state index contributed by atoms with van der Waals surface area (Å²) in [6.45, 7) is 8.69. The number of fused-ring (bicyclic) bond motifs is 1. The highest BCUT2D eigenvalue weighted by atomic mass is 16.5. The van der Waals surface area contributed by atoms with Crippen molar-refractivity contribution in [1.82, 2.24) is 9.80 Å². The third-order valence-electron chi connectivity index (χ3n) is 5.67. The Morgan fingerprint density at radius 2 is 1.90 bits per heavy atom. The summed E-state index contributed by atoms with van der Waals surface area (Å²) in [5, 5.41) is 2.80. The van der Waals surface area contributed by atoms with Gasteiger partial charge in [0, 0.05) is 57.8 Å². The lowest BCUT2D eigenvalue weighted by atomic mass is 10.0. The van der Waals surface area contributed by atoms with Gasteiger partial charge >= 0.3 is 0 Å². The maximum Gasteiger partial charge on any atom is 0.257 e. The van der Waals surface area contributed by atoms with Crippen molar-refractivity contribution >= 4 is 23.4 Å². The van der Waals surface area contributed by atoms with E-state index < -0.39 is 0 Å². The molecule has 1 heterocycles. The zero-order chi connectivity index (χ0) is 23.1. The smallest absolute Gasteiger partial charge is 0.257 e. The number of ether oxygens (including phenoxy) is 2. The molecular formula is C23H35N3O5. The van der Waals surface area contributed by atoms with Crippen LogP contribution in [0.5, 0.6) is 5.75 Å². The Kier molecular flexibility index (Phi) is 8.86. The number of carbonyl (C=O) groups is 3. The molecular weight excluding hydrogens is 398 g/mol. The molecule has 0 bridgehead atoms. The fourth-order valence-electron chi connectivity index (χ4n) is 3.65. The minimum absolute atomic E-state index is 0.0312. The molecule has 31 heavy (non-hydrogen) atoms. The zero-order valence-electron chi connectivity index (χ0n) is 19.4. The molecule has 0 unspecified atom stereocenters. The first-order chi connectivity index (χ1) is 14.7. The van der Waals surface area contributed by atoms with Crippen LogP contribution < -0.4 is 10.1 Å². The molecule has 0 radical (unpaired) electrons. The second kappa shape index (κ2) is 11.1. The van der Waals surface area contributed by atoms with Gasteiger partial charge in [0.25, 0.3) is 5.91 Å². The molecule has 0 saturated carbocycles. The number of nitrogens with one attached hydrogen (secondary N) is 1. The average molecular weight is 434 g/mol. The lowest BCUT2D eigenvalue weighted by Gasteiger charge is -2.36. The van der Waals surface area contributed by atoms with Crippen molar-refractivity contribution in [2.75, 3.05) is 39.2 Å². The third-order valence-corrected chi connectivity index (χ3v) is 5.67. The molecule has 0 fully saturated rings. The first-order valence-electron chi connectivity index (χ1n) is 10.9. The van der Waals surface area contributed by atoms with Gasteiger partial charge in [0.1, 0.15) is 12.4 Å². The summed E-state index contributed by atoms with van der Waals surface area (Å²) in [6.07, 6.45) is 0.526. The molecule has 8 heteroatoms. The van der Waals surface area contributed by atoms with Gasteiger partial charge < -0.3 is 24.6 Å². The monoisotopic (exact) mass is 433 g/mol. The van der Waals surface area contributed by atoms with Gasteiger partial charge in [-0.3, -0.25) is 14.4 Å². The van der Waals surface area contributed by atoms with Crippen LogP contribution in [0.1, 0.15) is 50.9 Å². The van der Waals surface area contributed by atoms with Crippen LogP contribution >= 0.6 is 0 Å². The summed E-state index contributed by atoms with van der Waals surface area (Å²) < 4.78 is 11.7. The van der Waals surface area contributed by atoms with Gasteiger partial charge in [0.05, 0.1) is 17.7 Å². The van der Waals surface area contributed by atoms with E-state index in [4.69, 9.17) is 9.47 Å². The van der Waals surface area contributed by atoms with Gasteiger partial charge in [-0.25, -0.2) is 0 Å². The minimum atomic E-state index is -0.222.